The van der Waals surface area contributed by atoms with E-state index < -0.39 is 18.0 Å². The summed E-state index contributed by atoms with van der Waals surface area (Å²) in [7, 11) is 1.50. The highest BCUT2D eigenvalue weighted by Gasteiger charge is 2.24. The number of rotatable bonds is 5. The number of halogens is 1. The number of esters is 1. The van der Waals surface area contributed by atoms with Crippen molar-refractivity contribution in [2.45, 2.75) is 20.0 Å². The molecule has 0 bridgehead atoms. The van der Waals surface area contributed by atoms with Crippen molar-refractivity contribution in [2.75, 3.05) is 12.4 Å². The number of methoxy groups -OCH3 is 1. The van der Waals surface area contributed by atoms with Gasteiger partial charge in [0.2, 0.25) is 0 Å². The lowest BCUT2D eigenvalue weighted by atomic mass is 10.1. The summed E-state index contributed by atoms with van der Waals surface area (Å²) in [6.07, 6.45) is -1.03. The summed E-state index contributed by atoms with van der Waals surface area (Å²) in [5.74, 6) is -1.03. The number of hydrogen-bond acceptors (Lipinski definition) is 5. The van der Waals surface area contributed by atoms with E-state index in [4.69, 9.17) is 9.47 Å². The van der Waals surface area contributed by atoms with Gasteiger partial charge in [0, 0.05) is 10.1 Å². The maximum absolute atomic E-state index is 14.0. The summed E-state index contributed by atoms with van der Waals surface area (Å²) in [5, 5.41) is 3.07. The smallest absolute Gasteiger partial charge is 0.349 e. The number of ether oxygens (including phenoxy) is 2. The van der Waals surface area contributed by atoms with Crippen molar-refractivity contribution in [1.82, 2.24) is 0 Å². The minimum absolute atomic E-state index is 0.284. The van der Waals surface area contributed by atoms with Crippen molar-refractivity contribution in [3.8, 4) is 5.75 Å². The fourth-order valence-electron chi connectivity index (χ4n) is 2.70. The van der Waals surface area contributed by atoms with E-state index in [-0.39, 0.29) is 10.7 Å². The van der Waals surface area contributed by atoms with Crippen LogP contribution < -0.4 is 10.1 Å². The molecule has 2 aromatic carbocycles. The number of anilines is 1. The van der Waals surface area contributed by atoms with Gasteiger partial charge in [-0.05, 0) is 43.7 Å². The molecule has 5 nitrogen and oxygen atoms in total. The normalized spacial score (nSPS) is 11.9. The molecule has 140 valence electrons. The molecule has 1 atom stereocenters. The van der Waals surface area contributed by atoms with Crippen molar-refractivity contribution in [2.24, 2.45) is 0 Å². The third kappa shape index (κ3) is 3.78. The third-order valence-corrected chi connectivity index (χ3v) is 5.34. The molecule has 0 saturated heterocycles. The van der Waals surface area contributed by atoms with Gasteiger partial charge in [0.1, 0.15) is 16.4 Å². The summed E-state index contributed by atoms with van der Waals surface area (Å²) in [6, 6.07) is 11.6. The van der Waals surface area contributed by atoms with Crippen LogP contribution in [-0.4, -0.2) is 25.1 Å². The predicted molar refractivity (Wildman–Crippen MR) is 103 cm³/mol. The van der Waals surface area contributed by atoms with Crippen molar-refractivity contribution in [1.29, 1.82) is 0 Å². The van der Waals surface area contributed by atoms with Crippen LogP contribution in [0.25, 0.3) is 10.1 Å². The predicted octanol–water partition coefficient (Wildman–Crippen LogP) is 4.54. The van der Waals surface area contributed by atoms with Gasteiger partial charge in [-0.3, -0.25) is 4.79 Å². The minimum atomic E-state index is -1.03. The molecule has 0 aliphatic carbocycles. The zero-order valence-corrected chi connectivity index (χ0v) is 15.9. The molecule has 3 rings (SSSR count). The Morgan fingerprint density at radius 1 is 1.15 bits per heavy atom. The highest BCUT2D eigenvalue weighted by Crippen LogP contribution is 2.33. The number of benzene rings is 2. The van der Waals surface area contributed by atoms with Crippen LogP contribution in [-0.2, 0) is 9.53 Å². The first-order valence-corrected chi connectivity index (χ1v) is 9.06. The Bertz CT molecular complexity index is 1010. The standard InChI is InChI=1S/C20H18FNO4S/c1-11-17-13(21)7-6-10-16(17)27-18(11)20(24)26-12(2)19(23)22-14-8-4-5-9-15(14)25-3/h4-10,12H,1-3H3,(H,22,23)/t12-/m0/s1. The maximum Gasteiger partial charge on any atom is 0.349 e. The molecule has 0 aliphatic heterocycles. The Labute approximate surface area is 159 Å². The number of amides is 1. The second kappa shape index (κ2) is 7.75. The van der Waals surface area contributed by atoms with Gasteiger partial charge < -0.3 is 14.8 Å². The van der Waals surface area contributed by atoms with E-state index in [1.807, 2.05) is 0 Å². The second-order valence-electron chi connectivity index (χ2n) is 5.91. The third-order valence-electron chi connectivity index (χ3n) is 4.11. The number of carbonyl (C=O) groups excluding carboxylic acids is 2. The molecule has 0 fully saturated rings. The number of hydrogen-bond donors (Lipinski definition) is 1. The molecular formula is C20H18FNO4S. The summed E-state index contributed by atoms with van der Waals surface area (Å²) < 4.78 is 25.1. The van der Waals surface area contributed by atoms with Crippen molar-refractivity contribution in [3.05, 3.63) is 58.7 Å². The van der Waals surface area contributed by atoms with Crippen LogP contribution in [0.1, 0.15) is 22.2 Å². The van der Waals surface area contributed by atoms with Crippen LogP contribution in [0.15, 0.2) is 42.5 Å². The molecule has 1 aromatic heterocycles. The Kier molecular flexibility index (Phi) is 5.41. The number of para-hydroxylation sites is 2. The van der Waals surface area contributed by atoms with E-state index in [2.05, 4.69) is 5.32 Å². The van der Waals surface area contributed by atoms with Crippen molar-refractivity contribution >= 4 is 39.0 Å². The molecular weight excluding hydrogens is 369 g/mol. The summed E-state index contributed by atoms with van der Waals surface area (Å²) in [6.45, 7) is 3.14. The Hall–Kier alpha value is -2.93. The zero-order valence-electron chi connectivity index (χ0n) is 15.0. The lowest BCUT2D eigenvalue weighted by molar-refractivity contribution is -0.123. The first-order chi connectivity index (χ1) is 12.9. The molecule has 0 radical (unpaired) electrons. The molecule has 1 N–H and O–H groups in total. The van der Waals surface area contributed by atoms with Crippen LogP contribution in [0.3, 0.4) is 0 Å². The molecule has 0 aliphatic rings. The topological polar surface area (TPSA) is 64.6 Å². The molecule has 27 heavy (non-hydrogen) atoms. The molecule has 3 aromatic rings. The highest BCUT2D eigenvalue weighted by atomic mass is 32.1. The second-order valence-corrected chi connectivity index (χ2v) is 6.96. The van der Waals surface area contributed by atoms with E-state index in [9.17, 15) is 14.0 Å². The van der Waals surface area contributed by atoms with Gasteiger partial charge in [0.15, 0.2) is 6.10 Å². The largest absolute Gasteiger partial charge is 0.495 e. The van der Waals surface area contributed by atoms with Gasteiger partial charge in [-0.2, -0.15) is 0 Å². The van der Waals surface area contributed by atoms with E-state index in [1.54, 1.807) is 43.3 Å². The number of fused-ring (bicyclic) bond motifs is 1. The van der Waals surface area contributed by atoms with Crippen LogP contribution in [0.2, 0.25) is 0 Å². The van der Waals surface area contributed by atoms with Crippen LogP contribution in [0.4, 0.5) is 10.1 Å². The lowest BCUT2D eigenvalue weighted by Gasteiger charge is -2.15. The number of nitrogens with one attached hydrogen (secondary N) is 1. The Morgan fingerprint density at radius 2 is 1.89 bits per heavy atom. The van der Waals surface area contributed by atoms with Gasteiger partial charge in [-0.15, -0.1) is 11.3 Å². The zero-order chi connectivity index (χ0) is 19.6. The maximum atomic E-state index is 14.0. The number of thiophene rings is 1. The lowest BCUT2D eigenvalue weighted by Crippen LogP contribution is -2.30. The van der Waals surface area contributed by atoms with E-state index >= 15 is 0 Å². The SMILES string of the molecule is COc1ccccc1NC(=O)[C@H](C)OC(=O)c1sc2cccc(F)c2c1C. The fraction of sp³-hybridized carbons (Fsp3) is 0.200. The number of carbonyl (C=O) groups is 2. The van der Waals surface area contributed by atoms with Gasteiger partial charge in [-0.25, -0.2) is 9.18 Å². The molecule has 0 spiro atoms. The molecule has 1 amide bonds. The van der Waals surface area contributed by atoms with Crippen LogP contribution >= 0.6 is 11.3 Å². The molecule has 0 unspecified atom stereocenters. The van der Waals surface area contributed by atoms with Gasteiger partial charge in [0.05, 0.1) is 12.8 Å². The summed E-state index contributed by atoms with van der Waals surface area (Å²) >= 11 is 1.14. The van der Waals surface area contributed by atoms with Crippen LogP contribution in [0, 0.1) is 12.7 Å². The van der Waals surface area contributed by atoms with Crippen molar-refractivity contribution < 1.29 is 23.5 Å². The van der Waals surface area contributed by atoms with E-state index in [0.29, 0.717) is 27.1 Å². The first kappa shape index (κ1) is 18.8. The average molecular weight is 387 g/mol. The van der Waals surface area contributed by atoms with E-state index in [0.717, 1.165) is 11.3 Å². The summed E-state index contributed by atoms with van der Waals surface area (Å²) in [4.78, 5) is 25.1. The Balaban J connectivity index is 1.75. The van der Waals surface area contributed by atoms with E-state index in [1.165, 1.54) is 20.1 Å². The average Bonchev–Trinajstić information content (AvgIpc) is 3.00. The van der Waals surface area contributed by atoms with Gasteiger partial charge in [0.25, 0.3) is 5.91 Å². The summed E-state index contributed by atoms with van der Waals surface area (Å²) in [5.41, 5.74) is 0.989. The minimum Gasteiger partial charge on any atom is -0.495 e. The molecule has 0 saturated carbocycles. The number of aryl methyl sites for hydroxylation is 1. The Morgan fingerprint density at radius 3 is 2.59 bits per heavy atom. The highest BCUT2D eigenvalue weighted by molar-refractivity contribution is 7.21. The molecule has 1 heterocycles. The fourth-order valence-corrected chi connectivity index (χ4v) is 3.80. The monoisotopic (exact) mass is 387 g/mol. The quantitative estimate of drug-likeness (QED) is 0.653. The van der Waals surface area contributed by atoms with Gasteiger partial charge in [-0.1, -0.05) is 18.2 Å². The van der Waals surface area contributed by atoms with Gasteiger partial charge >= 0.3 is 5.97 Å². The van der Waals surface area contributed by atoms with Crippen molar-refractivity contribution in [3.63, 3.8) is 0 Å². The molecule has 7 heteroatoms. The van der Waals surface area contributed by atoms with Crippen LogP contribution in [0.5, 0.6) is 5.75 Å². The first-order valence-electron chi connectivity index (χ1n) is 8.25.